The third-order valence-corrected chi connectivity index (χ3v) is 3.37. The fourth-order valence-electron chi connectivity index (χ4n) is 1.59. The number of hydrogen-bond acceptors (Lipinski definition) is 3. The van der Waals surface area contributed by atoms with Crippen LogP contribution in [-0.4, -0.2) is 35.0 Å². The van der Waals surface area contributed by atoms with Crippen molar-refractivity contribution in [2.24, 2.45) is 0 Å². The summed E-state index contributed by atoms with van der Waals surface area (Å²) >= 11 is 1.76. The van der Waals surface area contributed by atoms with Crippen LogP contribution in [0.25, 0.3) is 6.08 Å². The Morgan fingerprint density at radius 1 is 1.35 bits per heavy atom. The molecule has 20 heavy (non-hydrogen) atoms. The van der Waals surface area contributed by atoms with Gasteiger partial charge in [0.2, 0.25) is 0 Å². The molecule has 1 rings (SSSR count). The molecular weight excluding hydrogens is 274 g/mol. The molecular formula is C15H19NO3S. The van der Waals surface area contributed by atoms with E-state index in [1.165, 1.54) is 6.08 Å². The van der Waals surface area contributed by atoms with Gasteiger partial charge < -0.3 is 10.4 Å². The number of nitrogens with one attached hydrogen (secondary N) is 1. The number of carboxylic acid groups (broad SMARTS) is 1. The van der Waals surface area contributed by atoms with E-state index in [2.05, 4.69) is 5.32 Å². The Balaban J connectivity index is 2.59. The number of hydrogen-bond donors (Lipinski definition) is 2. The van der Waals surface area contributed by atoms with Gasteiger partial charge in [-0.1, -0.05) is 12.1 Å². The van der Waals surface area contributed by atoms with Crippen molar-refractivity contribution < 1.29 is 14.7 Å². The highest BCUT2D eigenvalue weighted by atomic mass is 32.2. The molecule has 0 radical (unpaired) electrons. The maximum Gasteiger partial charge on any atom is 0.328 e. The van der Waals surface area contributed by atoms with Crippen molar-refractivity contribution in [1.29, 1.82) is 0 Å². The molecule has 1 aromatic carbocycles. The molecule has 0 saturated carbocycles. The molecule has 5 heteroatoms. The lowest BCUT2D eigenvalue weighted by atomic mass is 10.1. The van der Waals surface area contributed by atoms with Crippen molar-refractivity contribution in [1.82, 2.24) is 5.32 Å². The van der Waals surface area contributed by atoms with Gasteiger partial charge in [-0.15, -0.1) is 0 Å². The van der Waals surface area contributed by atoms with Crippen LogP contribution in [-0.2, 0) is 4.79 Å². The van der Waals surface area contributed by atoms with Crippen molar-refractivity contribution in [3.8, 4) is 0 Å². The van der Waals surface area contributed by atoms with E-state index < -0.39 is 5.97 Å². The summed E-state index contributed by atoms with van der Waals surface area (Å²) in [6, 6.07) is 6.97. The summed E-state index contributed by atoms with van der Waals surface area (Å²) in [4.78, 5) is 22.4. The van der Waals surface area contributed by atoms with E-state index >= 15 is 0 Å². The molecule has 0 aromatic heterocycles. The second kappa shape index (κ2) is 8.43. The largest absolute Gasteiger partial charge is 0.478 e. The molecule has 1 atom stereocenters. The number of amides is 1. The van der Waals surface area contributed by atoms with Crippen LogP contribution in [0.3, 0.4) is 0 Å². The average molecular weight is 293 g/mol. The van der Waals surface area contributed by atoms with Gasteiger partial charge in [0.25, 0.3) is 5.91 Å². The van der Waals surface area contributed by atoms with Gasteiger partial charge in [0.15, 0.2) is 0 Å². The van der Waals surface area contributed by atoms with Crippen molar-refractivity contribution in [2.45, 2.75) is 19.4 Å². The van der Waals surface area contributed by atoms with Crippen LogP contribution in [0, 0.1) is 0 Å². The van der Waals surface area contributed by atoms with Crippen molar-refractivity contribution in [2.75, 3.05) is 12.0 Å². The maximum atomic E-state index is 12.0. The van der Waals surface area contributed by atoms with E-state index in [9.17, 15) is 9.59 Å². The molecule has 0 heterocycles. The van der Waals surface area contributed by atoms with Gasteiger partial charge in [-0.05, 0) is 49.1 Å². The van der Waals surface area contributed by atoms with Crippen LogP contribution in [0.5, 0.6) is 0 Å². The quantitative estimate of drug-likeness (QED) is 0.759. The van der Waals surface area contributed by atoms with Crippen molar-refractivity contribution >= 4 is 29.7 Å². The third kappa shape index (κ3) is 5.93. The van der Waals surface area contributed by atoms with E-state index in [1.807, 2.05) is 13.2 Å². The Kier molecular flexibility index (Phi) is 6.87. The zero-order valence-corrected chi connectivity index (χ0v) is 12.4. The fourth-order valence-corrected chi connectivity index (χ4v) is 2.18. The zero-order valence-electron chi connectivity index (χ0n) is 11.6. The first-order chi connectivity index (χ1) is 9.52. The number of rotatable bonds is 7. The Morgan fingerprint density at radius 2 is 2.00 bits per heavy atom. The summed E-state index contributed by atoms with van der Waals surface area (Å²) < 4.78 is 0. The van der Waals surface area contributed by atoms with Gasteiger partial charge in [0.1, 0.15) is 0 Å². The molecule has 108 valence electrons. The van der Waals surface area contributed by atoms with E-state index in [0.29, 0.717) is 5.56 Å². The average Bonchev–Trinajstić information content (AvgIpc) is 2.43. The number of benzene rings is 1. The lowest BCUT2D eigenvalue weighted by Gasteiger charge is -2.13. The second-order valence-electron chi connectivity index (χ2n) is 4.45. The van der Waals surface area contributed by atoms with E-state index in [0.717, 1.165) is 23.8 Å². The minimum Gasteiger partial charge on any atom is -0.478 e. The summed E-state index contributed by atoms with van der Waals surface area (Å²) in [7, 11) is 0. The third-order valence-electron chi connectivity index (χ3n) is 2.72. The number of thioether (sulfide) groups is 1. The molecule has 0 aliphatic heterocycles. The molecule has 0 fully saturated rings. The molecule has 0 aliphatic rings. The zero-order chi connectivity index (χ0) is 15.0. The highest BCUT2D eigenvalue weighted by Gasteiger charge is 2.09. The number of aliphatic carboxylic acids is 1. The van der Waals surface area contributed by atoms with E-state index in [4.69, 9.17) is 5.11 Å². The first-order valence-corrected chi connectivity index (χ1v) is 7.73. The Hall–Kier alpha value is -1.75. The predicted octanol–water partition coefficient (Wildman–Crippen LogP) is 2.66. The van der Waals surface area contributed by atoms with Crippen LogP contribution in [0.2, 0.25) is 0 Å². The molecule has 0 aliphatic carbocycles. The van der Waals surface area contributed by atoms with Crippen LogP contribution in [0.15, 0.2) is 30.3 Å². The minimum atomic E-state index is -0.991. The summed E-state index contributed by atoms with van der Waals surface area (Å²) in [6.45, 7) is 1.98. The van der Waals surface area contributed by atoms with Gasteiger partial charge in [-0.25, -0.2) is 4.79 Å². The monoisotopic (exact) mass is 293 g/mol. The van der Waals surface area contributed by atoms with Crippen LogP contribution in [0.4, 0.5) is 0 Å². The molecule has 0 bridgehead atoms. The van der Waals surface area contributed by atoms with Gasteiger partial charge in [-0.2, -0.15) is 11.8 Å². The lowest BCUT2D eigenvalue weighted by molar-refractivity contribution is -0.131. The summed E-state index contributed by atoms with van der Waals surface area (Å²) in [5, 5.41) is 11.5. The second-order valence-corrected chi connectivity index (χ2v) is 5.44. The Labute approximate surface area is 123 Å². The molecule has 0 spiro atoms. The van der Waals surface area contributed by atoms with Crippen molar-refractivity contribution in [3.05, 3.63) is 41.5 Å². The molecule has 0 saturated heterocycles. The maximum absolute atomic E-state index is 12.0. The minimum absolute atomic E-state index is 0.104. The number of carboxylic acids is 1. The van der Waals surface area contributed by atoms with Gasteiger partial charge in [0.05, 0.1) is 0 Å². The molecule has 4 nitrogen and oxygen atoms in total. The van der Waals surface area contributed by atoms with Gasteiger partial charge in [-0.3, -0.25) is 4.79 Å². The predicted molar refractivity (Wildman–Crippen MR) is 83.0 cm³/mol. The normalized spacial score (nSPS) is 12.3. The van der Waals surface area contributed by atoms with Crippen LogP contribution in [0.1, 0.15) is 29.3 Å². The number of carbonyl (C=O) groups is 2. The Bertz CT molecular complexity index is 482. The Morgan fingerprint density at radius 3 is 2.55 bits per heavy atom. The summed E-state index contributed by atoms with van der Waals surface area (Å²) in [5.74, 6) is -0.0813. The SMILES string of the molecule is CSCCC(C)NC(=O)c1ccc(/C=C/C(=O)O)cc1. The topological polar surface area (TPSA) is 66.4 Å². The van der Waals surface area contributed by atoms with E-state index in [1.54, 1.807) is 36.0 Å². The highest BCUT2D eigenvalue weighted by Crippen LogP contribution is 2.07. The first-order valence-electron chi connectivity index (χ1n) is 6.34. The van der Waals surface area contributed by atoms with Crippen LogP contribution < -0.4 is 5.32 Å². The van der Waals surface area contributed by atoms with Crippen LogP contribution >= 0.6 is 11.8 Å². The highest BCUT2D eigenvalue weighted by molar-refractivity contribution is 7.98. The van der Waals surface area contributed by atoms with Crippen molar-refractivity contribution in [3.63, 3.8) is 0 Å². The molecule has 1 amide bonds. The standard InChI is InChI=1S/C15H19NO3S/c1-11(9-10-20-2)16-15(19)13-6-3-12(4-7-13)5-8-14(17)18/h3-8,11H,9-10H2,1-2H3,(H,16,19)(H,17,18)/b8-5+. The lowest BCUT2D eigenvalue weighted by Crippen LogP contribution is -2.32. The molecule has 1 aromatic rings. The smallest absolute Gasteiger partial charge is 0.328 e. The molecule has 1 unspecified atom stereocenters. The van der Waals surface area contributed by atoms with Gasteiger partial charge >= 0.3 is 5.97 Å². The van der Waals surface area contributed by atoms with Gasteiger partial charge in [0, 0.05) is 17.7 Å². The summed E-state index contributed by atoms with van der Waals surface area (Å²) in [6.07, 6.45) is 5.54. The number of carbonyl (C=O) groups excluding carboxylic acids is 1. The fraction of sp³-hybridized carbons (Fsp3) is 0.333. The summed E-state index contributed by atoms with van der Waals surface area (Å²) in [5.41, 5.74) is 1.33. The first kappa shape index (κ1) is 16.3. The van der Waals surface area contributed by atoms with E-state index in [-0.39, 0.29) is 11.9 Å². The molecule has 2 N–H and O–H groups in total.